The van der Waals surface area contributed by atoms with Crippen LogP contribution in [-0.4, -0.2) is 23.8 Å². The number of likely N-dealkylation sites (N-methyl/N-ethyl adjacent to an activating group) is 1. The molecular weight excluding hydrogens is 314 g/mol. The third-order valence-electron chi connectivity index (χ3n) is 4.51. The summed E-state index contributed by atoms with van der Waals surface area (Å²) < 4.78 is 0. The predicted octanol–water partition coefficient (Wildman–Crippen LogP) is 3.31. The first-order valence-corrected chi connectivity index (χ1v) is 8.09. The minimum Gasteiger partial charge on any atom is -0.322 e. The van der Waals surface area contributed by atoms with Crippen LogP contribution in [0.1, 0.15) is 21.6 Å². The number of pyridine rings is 1. The van der Waals surface area contributed by atoms with Gasteiger partial charge in [0, 0.05) is 35.1 Å². The zero-order chi connectivity index (χ0) is 17.6. The summed E-state index contributed by atoms with van der Waals surface area (Å²) >= 11 is 0. The molecule has 0 radical (unpaired) electrons. The van der Waals surface area contributed by atoms with Crippen molar-refractivity contribution in [1.29, 1.82) is 0 Å². The van der Waals surface area contributed by atoms with Crippen LogP contribution in [0.3, 0.4) is 0 Å². The number of carbonyl (C=O) groups excluding carboxylic acids is 2. The third kappa shape index (κ3) is 2.74. The maximum absolute atomic E-state index is 12.5. The Balaban J connectivity index is 1.59. The number of amides is 2. The summed E-state index contributed by atoms with van der Waals surface area (Å²) in [6.45, 7) is 1.94. The molecule has 1 aromatic heterocycles. The lowest BCUT2D eigenvalue weighted by Crippen LogP contribution is -2.20. The van der Waals surface area contributed by atoms with Crippen molar-refractivity contribution in [3.05, 3.63) is 65.4 Å². The maximum Gasteiger partial charge on any atom is 0.255 e. The van der Waals surface area contributed by atoms with Crippen LogP contribution in [0.5, 0.6) is 0 Å². The van der Waals surface area contributed by atoms with E-state index in [2.05, 4.69) is 10.3 Å². The fraction of sp³-hybridized carbons (Fsp3) is 0.150. The molecule has 3 aromatic rings. The molecule has 0 saturated carbocycles. The second kappa shape index (κ2) is 5.70. The van der Waals surface area contributed by atoms with E-state index in [1.807, 2.05) is 49.4 Å². The molecule has 1 N–H and O–H groups in total. The van der Waals surface area contributed by atoms with Gasteiger partial charge in [-0.2, -0.15) is 0 Å². The van der Waals surface area contributed by atoms with Crippen molar-refractivity contribution in [2.45, 2.75) is 13.3 Å². The van der Waals surface area contributed by atoms with Gasteiger partial charge in [0.05, 0.1) is 11.9 Å². The van der Waals surface area contributed by atoms with Gasteiger partial charge in [0.2, 0.25) is 5.91 Å². The van der Waals surface area contributed by atoms with Crippen LogP contribution in [0, 0.1) is 6.92 Å². The number of aromatic nitrogens is 1. The molecule has 2 heterocycles. The van der Waals surface area contributed by atoms with Crippen LogP contribution >= 0.6 is 0 Å². The average Bonchev–Trinajstić information content (AvgIpc) is 2.88. The van der Waals surface area contributed by atoms with E-state index >= 15 is 0 Å². The first kappa shape index (κ1) is 15.3. The van der Waals surface area contributed by atoms with E-state index in [4.69, 9.17) is 0 Å². The number of anilines is 2. The van der Waals surface area contributed by atoms with E-state index in [1.165, 1.54) is 0 Å². The van der Waals surface area contributed by atoms with Crippen LogP contribution in [0.2, 0.25) is 0 Å². The predicted molar refractivity (Wildman–Crippen MR) is 98.0 cm³/mol. The van der Waals surface area contributed by atoms with Gasteiger partial charge in [-0.25, -0.2) is 0 Å². The highest BCUT2D eigenvalue weighted by atomic mass is 16.2. The Labute approximate surface area is 145 Å². The third-order valence-corrected chi connectivity index (χ3v) is 4.51. The van der Waals surface area contributed by atoms with E-state index in [0.29, 0.717) is 17.7 Å². The number of carbonyl (C=O) groups is 2. The number of rotatable bonds is 2. The summed E-state index contributed by atoms with van der Waals surface area (Å²) in [5.74, 6) is -0.115. The number of hydrogen-bond acceptors (Lipinski definition) is 3. The minimum absolute atomic E-state index is 0.0656. The van der Waals surface area contributed by atoms with Gasteiger partial charge in [0.15, 0.2) is 0 Å². The number of nitrogens with zero attached hydrogens (tertiary/aromatic N) is 2. The second-order valence-electron chi connectivity index (χ2n) is 6.29. The smallest absolute Gasteiger partial charge is 0.255 e. The minimum atomic E-state index is -0.180. The molecule has 0 spiro atoms. The number of hydrogen-bond donors (Lipinski definition) is 1. The SMILES string of the molecule is Cc1ccc2cc(C(=O)Nc3ccc4c(c3)CC(=O)N4C)ccc2n1. The highest BCUT2D eigenvalue weighted by Crippen LogP contribution is 2.30. The van der Waals surface area contributed by atoms with Gasteiger partial charge in [-0.1, -0.05) is 6.07 Å². The molecule has 5 nitrogen and oxygen atoms in total. The van der Waals surface area contributed by atoms with Crippen molar-refractivity contribution in [3.8, 4) is 0 Å². The number of benzene rings is 2. The van der Waals surface area contributed by atoms with E-state index in [9.17, 15) is 9.59 Å². The van der Waals surface area contributed by atoms with Crippen LogP contribution in [0.15, 0.2) is 48.5 Å². The highest BCUT2D eigenvalue weighted by Gasteiger charge is 2.24. The van der Waals surface area contributed by atoms with Crippen LogP contribution in [0.4, 0.5) is 11.4 Å². The molecule has 2 amide bonds. The van der Waals surface area contributed by atoms with E-state index < -0.39 is 0 Å². The number of aryl methyl sites for hydroxylation is 1. The largest absolute Gasteiger partial charge is 0.322 e. The molecule has 0 fully saturated rings. The summed E-state index contributed by atoms with van der Waals surface area (Å²) in [6, 6.07) is 14.9. The van der Waals surface area contributed by atoms with Gasteiger partial charge >= 0.3 is 0 Å². The average molecular weight is 331 g/mol. The summed E-state index contributed by atoms with van der Waals surface area (Å²) in [5.41, 5.74) is 4.91. The highest BCUT2D eigenvalue weighted by molar-refractivity contribution is 6.07. The first-order valence-electron chi connectivity index (χ1n) is 8.09. The lowest BCUT2D eigenvalue weighted by molar-refractivity contribution is -0.117. The van der Waals surface area contributed by atoms with Crippen molar-refractivity contribution in [2.24, 2.45) is 0 Å². The summed E-state index contributed by atoms with van der Waals surface area (Å²) in [4.78, 5) is 30.4. The fourth-order valence-corrected chi connectivity index (χ4v) is 3.12. The topological polar surface area (TPSA) is 62.3 Å². The Morgan fingerprint density at radius 2 is 1.96 bits per heavy atom. The normalized spacial score (nSPS) is 13.2. The fourth-order valence-electron chi connectivity index (χ4n) is 3.12. The zero-order valence-corrected chi connectivity index (χ0v) is 14.0. The Morgan fingerprint density at radius 1 is 1.12 bits per heavy atom. The van der Waals surface area contributed by atoms with E-state index in [1.54, 1.807) is 18.0 Å². The van der Waals surface area contributed by atoms with Crippen LogP contribution in [0.25, 0.3) is 10.9 Å². The molecule has 0 atom stereocenters. The summed E-state index contributed by atoms with van der Waals surface area (Å²) in [7, 11) is 1.76. The Morgan fingerprint density at radius 3 is 2.80 bits per heavy atom. The van der Waals surface area contributed by atoms with Gasteiger partial charge < -0.3 is 10.2 Å². The quantitative estimate of drug-likeness (QED) is 0.783. The molecule has 0 aliphatic carbocycles. The van der Waals surface area contributed by atoms with Crippen LogP contribution < -0.4 is 10.2 Å². The molecule has 5 heteroatoms. The van der Waals surface area contributed by atoms with Crippen molar-refractivity contribution in [1.82, 2.24) is 4.98 Å². The lowest BCUT2D eigenvalue weighted by Gasteiger charge is -2.11. The summed E-state index contributed by atoms with van der Waals surface area (Å²) in [5, 5.41) is 3.83. The molecule has 1 aliphatic heterocycles. The Kier molecular flexibility index (Phi) is 3.50. The molecule has 4 rings (SSSR count). The van der Waals surface area contributed by atoms with E-state index in [0.717, 1.165) is 27.8 Å². The first-order chi connectivity index (χ1) is 12.0. The van der Waals surface area contributed by atoms with Crippen molar-refractivity contribution < 1.29 is 9.59 Å². The molecule has 1 aliphatic rings. The summed E-state index contributed by atoms with van der Waals surface area (Å²) in [6.07, 6.45) is 0.372. The molecule has 0 saturated heterocycles. The number of nitrogens with one attached hydrogen (secondary N) is 1. The van der Waals surface area contributed by atoms with Crippen LogP contribution in [-0.2, 0) is 11.2 Å². The molecule has 124 valence electrons. The lowest BCUT2D eigenvalue weighted by atomic mass is 10.1. The van der Waals surface area contributed by atoms with Gasteiger partial charge in [0.25, 0.3) is 5.91 Å². The Bertz CT molecular complexity index is 1030. The molecule has 25 heavy (non-hydrogen) atoms. The maximum atomic E-state index is 12.5. The van der Waals surface area contributed by atoms with Crippen molar-refractivity contribution in [3.63, 3.8) is 0 Å². The number of fused-ring (bicyclic) bond motifs is 2. The molecule has 0 bridgehead atoms. The molecule has 0 unspecified atom stereocenters. The second-order valence-corrected chi connectivity index (χ2v) is 6.29. The zero-order valence-electron chi connectivity index (χ0n) is 14.0. The van der Waals surface area contributed by atoms with Gasteiger partial charge in [-0.15, -0.1) is 0 Å². The molecule has 2 aromatic carbocycles. The van der Waals surface area contributed by atoms with Crippen molar-refractivity contribution >= 4 is 34.1 Å². The Hall–Kier alpha value is -3.21. The monoisotopic (exact) mass is 331 g/mol. The van der Waals surface area contributed by atoms with E-state index in [-0.39, 0.29) is 11.8 Å². The van der Waals surface area contributed by atoms with Gasteiger partial charge in [-0.3, -0.25) is 14.6 Å². The van der Waals surface area contributed by atoms with Gasteiger partial charge in [-0.05, 0) is 55.0 Å². The standard InChI is InChI=1S/C20H17N3O2/c1-12-3-4-13-9-14(5-7-17(13)21-12)20(25)22-16-6-8-18-15(10-16)11-19(24)23(18)2/h3-10H,11H2,1-2H3,(H,22,25). The van der Waals surface area contributed by atoms with Gasteiger partial charge in [0.1, 0.15) is 0 Å². The molecular formula is C20H17N3O2. The van der Waals surface area contributed by atoms with Crippen molar-refractivity contribution in [2.75, 3.05) is 17.3 Å².